The van der Waals surface area contributed by atoms with Gasteiger partial charge in [0.25, 0.3) is 0 Å². The van der Waals surface area contributed by atoms with Gasteiger partial charge >= 0.3 is 0 Å². The van der Waals surface area contributed by atoms with Crippen molar-refractivity contribution in [2.45, 2.75) is 46.2 Å². The number of nitrogens with two attached hydrogens (primary N) is 1. The summed E-state index contributed by atoms with van der Waals surface area (Å²) in [5, 5.41) is 0. The molecular formula is C15H24N2O. The largest absolute Gasteiger partial charge is 0.341 e. The van der Waals surface area contributed by atoms with Gasteiger partial charge in [-0.05, 0) is 31.4 Å². The fourth-order valence-electron chi connectivity index (χ4n) is 1.89. The van der Waals surface area contributed by atoms with E-state index in [1.165, 1.54) is 16.7 Å². The van der Waals surface area contributed by atoms with Crippen LogP contribution in [0.3, 0.4) is 0 Å². The van der Waals surface area contributed by atoms with Crippen LogP contribution in [0.5, 0.6) is 0 Å². The maximum atomic E-state index is 11.9. The Morgan fingerprint density at radius 1 is 1.39 bits per heavy atom. The molecule has 1 aromatic rings. The highest BCUT2D eigenvalue weighted by Gasteiger charge is 2.13. The predicted octanol–water partition coefficient (Wildman–Crippen LogP) is 2.39. The van der Waals surface area contributed by atoms with Crippen molar-refractivity contribution in [1.82, 2.24) is 4.90 Å². The number of nitrogens with zero attached hydrogens (tertiary/aromatic N) is 1. The fraction of sp³-hybridized carbons (Fsp3) is 0.533. The topological polar surface area (TPSA) is 46.3 Å². The van der Waals surface area contributed by atoms with Crippen LogP contribution in [0.4, 0.5) is 0 Å². The third-order valence-corrected chi connectivity index (χ3v) is 3.29. The Bertz CT molecular complexity index is 415. The first kappa shape index (κ1) is 14.7. The number of amides is 1. The lowest BCUT2D eigenvalue weighted by molar-refractivity contribution is -0.130. The molecule has 0 aliphatic heterocycles. The molecule has 1 amide bonds. The van der Waals surface area contributed by atoms with Gasteiger partial charge in [-0.1, -0.05) is 30.7 Å². The van der Waals surface area contributed by atoms with Crippen LogP contribution in [0.15, 0.2) is 18.2 Å². The van der Waals surface area contributed by atoms with E-state index in [2.05, 4.69) is 32.0 Å². The van der Waals surface area contributed by atoms with Crippen molar-refractivity contribution in [3.05, 3.63) is 34.9 Å². The Balaban J connectivity index is 2.63. The smallest absolute Gasteiger partial charge is 0.224 e. The van der Waals surface area contributed by atoms with Crippen LogP contribution < -0.4 is 5.73 Å². The first-order chi connectivity index (χ1) is 8.43. The second-order valence-corrected chi connectivity index (χ2v) is 5.05. The molecule has 3 heteroatoms. The van der Waals surface area contributed by atoms with E-state index >= 15 is 0 Å². The average molecular weight is 248 g/mol. The zero-order valence-corrected chi connectivity index (χ0v) is 11.9. The molecule has 0 radical (unpaired) electrons. The summed E-state index contributed by atoms with van der Waals surface area (Å²) in [6, 6.07) is 6.29. The summed E-state index contributed by atoms with van der Waals surface area (Å²) < 4.78 is 0. The molecule has 0 saturated heterocycles. The van der Waals surface area contributed by atoms with E-state index in [-0.39, 0.29) is 11.9 Å². The van der Waals surface area contributed by atoms with Gasteiger partial charge in [0.1, 0.15) is 0 Å². The minimum atomic E-state index is -0.0286. The summed E-state index contributed by atoms with van der Waals surface area (Å²) in [5.41, 5.74) is 9.48. The minimum Gasteiger partial charge on any atom is -0.341 e. The molecule has 0 aliphatic rings. The van der Waals surface area contributed by atoms with Crippen molar-refractivity contribution in [2.24, 2.45) is 5.73 Å². The zero-order chi connectivity index (χ0) is 13.7. The van der Waals surface area contributed by atoms with Gasteiger partial charge < -0.3 is 10.6 Å². The molecule has 0 bridgehead atoms. The Morgan fingerprint density at radius 3 is 2.61 bits per heavy atom. The molecule has 0 spiro atoms. The lowest BCUT2D eigenvalue weighted by Gasteiger charge is -2.20. The monoisotopic (exact) mass is 248 g/mol. The lowest BCUT2D eigenvalue weighted by atomic mass is 10.1. The van der Waals surface area contributed by atoms with Crippen molar-refractivity contribution in [2.75, 3.05) is 7.05 Å². The number of rotatable bonds is 5. The molecule has 1 atom stereocenters. The maximum absolute atomic E-state index is 11.9. The van der Waals surface area contributed by atoms with Gasteiger partial charge in [-0.15, -0.1) is 0 Å². The van der Waals surface area contributed by atoms with E-state index in [0.717, 1.165) is 6.42 Å². The van der Waals surface area contributed by atoms with Crippen molar-refractivity contribution >= 4 is 5.91 Å². The SMILES string of the molecule is CCC(N)CC(=O)N(C)Cc1ccc(C)cc1C. The second kappa shape index (κ2) is 6.55. The van der Waals surface area contributed by atoms with Crippen LogP contribution >= 0.6 is 0 Å². The number of benzene rings is 1. The highest BCUT2D eigenvalue weighted by atomic mass is 16.2. The van der Waals surface area contributed by atoms with Crippen LogP contribution in [0.2, 0.25) is 0 Å². The number of hydrogen-bond acceptors (Lipinski definition) is 2. The summed E-state index contributed by atoms with van der Waals surface area (Å²) in [4.78, 5) is 13.7. The van der Waals surface area contributed by atoms with Crippen LogP contribution in [0.1, 0.15) is 36.5 Å². The van der Waals surface area contributed by atoms with Crippen molar-refractivity contribution < 1.29 is 4.79 Å². The van der Waals surface area contributed by atoms with E-state index in [1.807, 2.05) is 14.0 Å². The first-order valence-corrected chi connectivity index (χ1v) is 6.49. The number of carbonyl (C=O) groups excluding carboxylic acids is 1. The predicted molar refractivity (Wildman–Crippen MR) is 75.3 cm³/mol. The molecule has 2 N–H and O–H groups in total. The maximum Gasteiger partial charge on any atom is 0.224 e. The van der Waals surface area contributed by atoms with Gasteiger partial charge in [0.05, 0.1) is 0 Å². The minimum absolute atomic E-state index is 0.0286. The Kier molecular flexibility index (Phi) is 5.35. The Hall–Kier alpha value is -1.35. The number of hydrogen-bond donors (Lipinski definition) is 1. The van der Waals surface area contributed by atoms with Gasteiger partial charge in [0, 0.05) is 26.1 Å². The second-order valence-electron chi connectivity index (χ2n) is 5.05. The van der Waals surface area contributed by atoms with Gasteiger partial charge in [0.15, 0.2) is 0 Å². The average Bonchev–Trinajstić information content (AvgIpc) is 2.32. The van der Waals surface area contributed by atoms with E-state index < -0.39 is 0 Å². The van der Waals surface area contributed by atoms with Crippen LogP contribution in [0, 0.1) is 13.8 Å². The third kappa shape index (κ3) is 4.15. The molecule has 0 saturated carbocycles. The summed E-state index contributed by atoms with van der Waals surface area (Å²) in [5.74, 6) is 0.115. The van der Waals surface area contributed by atoms with E-state index in [1.54, 1.807) is 4.90 Å². The Labute approximate surface area is 110 Å². The molecule has 0 heterocycles. The quantitative estimate of drug-likeness (QED) is 0.869. The number of carbonyl (C=O) groups is 1. The van der Waals surface area contributed by atoms with Gasteiger partial charge in [0.2, 0.25) is 5.91 Å². The van der Waals surface area contributed by atoms with E-state index in [9.17, 15) is 4.79 Å². The fourth-order valence-corrected chi connectivity index (χ4v) is 1.89. The third-order valence-electron chi connectivity index (χ3n) is 3.29. The summed E-state index contributed by atoms with van der Waals surface area (Å²) >= 11 is 0. The zero-order valence-electron chi connectivity index (χ0n) is 11.9. The molecule has 18 heavy (non-hydrogen) atoms. The van der Waals surface area contributed by atoms with Gasteiger partial charge in [-0.25, -0.2) is 0 Å². The van der Waals surface area contributed by atoms with Gasteiger partial charge in [-0.3, -0.25) is 4.79 Å². The molecule has 3 nitrogen and oxygen atoms in total. The van der Waals surface area contributed by atoms with Crippen molar-refractivity contribution in [3.63, 3.8) is 0 Å². The van der Waals surface area contributed by atoms with E-state index in [0.29, 0.717) is 13.0 Å². The van der Waals surface area contributed by atoms with Crippen LogP contribution in [0.25, 0.3) is 0 Å². The first-order valence-electron chi connectivity index (χ1n) is 6.49. The normalized spacial score (nSPS) is 12.3. The molecule has 0 aliphatic carbocycles. The van der Waals surface area contributed by atoms with Gasteiger partial charge in [-0.2, -0.15) is 0 Å². The highest BCUT2D eigenvalue weighted by Crippen LogP contribution is 2.13. The molecule has 0 aromatic heterocycles. The summed E-state index contributed by atoms with van der Waals surface area (Å²) in [6.07, 6.45) is 1.26. The van der Waals surface area contributed by atoms with E-state index in [4.69, 9.17) is 5.73 Å². The number of aryl methyl sites for hydroxylation is 2. The Morgan fingerprint density at radius 2 is 2.06 bits per heavy atom. The molecule has 1 unspecified atom stereocenters. The molecule has 100 valence electrons. The summed E-state index contributed by atoms with van der Waals surface area (Å²) in [7, 11) is 1.84. The lowest BCUT2D eigenvalue weighted by Crippen LogP contribution is -2.32. The highest BCUT2D eigenvalue weighted by molar-refractivity contribution is 5.76. The molecule has 1 aromatic carbocycles. The molecule has 0 fully saturated rings. The summed E-state index contributed by atoms with van der Waals surface area (Å²) in [6.45, 7) is 6.81. The van der Waals surface area contributed by atoms with Crippen molar-refractivity contribution in [3.8, 4) is 0 Å². The van der Waals surface area contributed by atoms with Crippen LogP contribution in [-0.2, 0) is 11.3 Å². The molecular weight excluding hydrogens is 224 g/mol. The van der Waals surface area contributed by atoms with Crippen molar-refractivity contribution in [1.29, 1.82) is 0 Å². The molecule has 1 rings (SSSR count). The van der Waals surface area contributed by atoms with Crippen LogP contribution in [-0.4, -0.2) is 23.9 Å². The standard InChI is InChI=1S/C15H24N2O/c1-5-14(16)9-15(18)17(4)10-13-7-6-11(2)8-12(13)3/h6-8,14H,5,9-10,16H2,1-4H3.